The highest BCUT2D eigenvalue weighted by Crippen LogP contribution is 2.45. The predicted octanol–water partition coefficient (Wildman–Crippen LogP) is 2.29. The summed E-state index contributed by atoms with van der Waals surface area (Å²) in [5.74, 6) is 1.67. The molecular weight excluding hydrogens is 340 g/mol. The van der Waals surface area contributed by atoms with Crippen molar-refractivity contribution in [3.8, 4) is 5.75 Å². The topological polar surface area (TPSA) is 75.7 Å². The molecular formula is C18H24N2O4S. The van der Waals surface area contributed by atoms with Gasteiger partial charge in [-0.25, -0.2) is 13.1 Å². The van der Waals surface area contributed by atoms with Gasteiger partial charge in [0, 0.05) is 19.0 Å². The van der Waals surface area contributed by atoms with Crippen molar-refractivity contribution in [2.45, 2.75) is 49.5 Å². The average molecular weight is 364 g/mol. The summed E-state index contributed by atoms with van der Waals surface area (Å²) in [5, 5.41) is 0. The zero-order chi connectivity index (χ0) is 17.6. The molecule has 1 aliphatic heterocycles. The SMILES string of the molecule is COc1ccc(S(=O)(=O)N[C@@H]2C[C@H]3CC[C@H]2C3)cc1N1CCCC1=O. The van der Waals surface area contributed by atoms with Crippen molar-refractivity contribution in [3.63, 3.8) is 0 Å². The molecule has 2 aliphatic carbocycles. The fraction of sp³-hybridized carbons (Fsp3) is 0.611. The van der Waals surface area contributed by atoms with Crippen LogP contribution >= 0.6 is 0 Å². The number of carbonyl (C=O) groups is 1. The molecule has 4 rings (SSSR count). The maximum Gasteiger partial charge on any atom is 0.240 e. The summed E-state index contributed by atoms with van der Waals surface area (Å²) in [6.07, 6.45) is 5.70. The first kappa shape index (κ1) is 16.8. The van der Waals surface area contributed by atoms with Crippen LogP contribution in [0, 0.1) is 11.8 Å². The summed E-state index contributed by atoms with van der Waals surface area (Å²) in [7, 11) is -2.08. The van der Waals surface area contributed by atoms with Crippen LogP contribution in [-0.4, -0.2) is 34.0 Å². The number of amides is 1. The third kappa shape index (κ3) is 3.04. The number of fused-ring (bicyclic) bond motifs is 2. The molecule has 2 bridgehead atoms. The first-order valence-electron chi connectivity index (χ1n) is 8.98. The number of hydrogen-bond acceptors (Lipinski definition) is 4. The van der Waals surface area contributed by atoms with Gasteiger partial charge in [0.15, 0.2) is 0 Å². The lowest BCUT2D eigenvalue weighted by Gasteiger charge is -2.24. The van der Waals surface area contributed by atoms with Gasteiger partial charge in [0.05, 0.1) is 17.7 Å². The zero-order valence-electron chi connectivity index (χ0n) is 14.4. The summed E-state index contributed by atoms with van der Waals surface area (Å²) in [6.45, 7) is 0.596. The van der Waals surface area contributed by atoms with Crippen LogP contribution in [0.2, 0.25) is 0 Å². The highest BCUT2D eigenvalue weighted by molar-refractivity contribution is 7.89. The molecule has 136 valence electrons. The molecule has 3 atom stereocenters. The highest BCUT2D eigenvalue weighted by atomic mass is 32.2. The van der Waals surface area contributed by atoms with E-state index in [1.165, 1.54) is 13.5 Å². The molecule has 0 radical (unpaired) electrons. The average Bonchev–Trinajstić information content (AvgIpc) is 3.30. The van der Waals surface area contributed by atoms with Gasteiger partial charge in [-0.2, -0.15) is 0 Å². The Balaban J connectivity index is 1.62. The van der Waals surface area contributed by atoms with Crippen LogP contribution in [0.25, 0.3) is 0 Å². The Labute approximate surface area is 148 Å². The third-order valence-electron chi connectivity index (χ3n) is 5.87. The van der Waals surface area contributed by atoms with Gasteiger partial charge >= 0.3 is 0 Å². The van der Waals surface area contributed by atoms with Crippen molar-refractivity contribution < 1.29 is 17.9 Å². The van der Waals surface area contributed by atoms with Gasteiger partial charge in [-0.3, -0.25) is 4.79 Å². The predicted molar refractivity (Wildman–Crippen MR) is 94.1 cm³/mol. The van der Waals surface area contributed by atoms with E-state index < -0.39 is 10.0 Å². The van der Waals surface area contributed by atoms with Gasteiger partial charge in [0.1, 0.15) is 5.75 Å². The number of rotatable bonds is 5. The standard InChI is InChI=1S/C18H24N2O4S/c1-24-17-7-6-14(11-16(17)20-8-2-3-18(20)21)25(22,23)19-15-10-12-4-5-13(15)9-12/h6-7,11-13,15,19H,2-5,8-10H2,1H3/t12-,13-,15+/m0/s1. The van der Waals surface area contributed by atoms with Gasteiger partial charge in [-0.1, -0.05) is 6.42 Å². The number of hydrogen-bond donors (Lipinski definition) is 1. The number of carbonyl (C=O) groups excluding carboxylic acids is 1. The summed E-state index contributed by atoms with van der Waals surface area (Å²) < 4.78 is 34.0. The van der Waals surface area contributed by atoms with Crippen LogP contribution in [0.5, 0.6) is 5.75 Å². The summed E-state index contributed by atoms with van der Waals surface area (Å²) in [6, 6.07) is 4.80. The van der Waals surface area contributed by atoms with E-state index in [0.717, 1.165) is 25.7 Å². The zero-order valence-corrected chi connectivity index (χ0v) is 15.2. The van der Waals surface area contributed by atoms with E-state index in [0.29, 0.717) is 36.2 Å². The molecule has 0 aromatic heterocycles. The van der Waals surface area contributed by atoms with Crippen molar-refractivity contribution >= 4 is 21.6 Å². The molecule has 1 heterocycles. The molecule has 7 heteroatoms. The molecule has 0 spiro atoms. The minimum atomic E-state index is -3.60. The third-order valence-corrected chi connectivity index (χ3v) is 7.36. The number of ether oxygens (including phenoxy) is 1. The van der Waals surface area contributed by atoms with E-state index in [-0.39, 0.29) is 16.8 Å². The monoisotopic (exact) mass is 364 g/mol. The molecule has 1 amide bonds. The molecule has 1 saturated heterocycles. The van der Waals surface area contributed by atoms with Crippen LogP contribution < -0.4 is 14.4 Å². The lowest BCUT2D eigenvalue weighted by molar-refractivity contribution is -0.117. The number of anilines is 1. The maximum absolute atomic E-state index is 12.9. The van der Waals surface area contributed by atoms with E-state index in [9.17, 15) is 13.2 Å². The fourth-order valence-electron chi connectivity index (χ4n) is 4.61. The Kier molecular flexibility index (Phi) is 4.24. The summed E-state index contributed by atoms with van der Waals surface area (Å²) >= 11 is 0. The molecule has 0 unspecified atom stereocenters. The van der Waals surface area contributed by atoms with E-state index >= 15 is 0 Å². The second-order valence-corrected chi connectivity index (χ2v) is 9.10. The van der Waals surface area contributed by atoms with Gasteiger partial charge in [-0.15, -0.1) is 0 Å². The minimum Gasteiger partial charge on any atom is -0.495 e. The van der Waals surface area contributed by atoms with Crippen LogP contribution in [0.3, 0.4) is 0 Å². The van der Waals surface area contributed by atoms with Crippen LogP contribution in [0.4, 0.5) is 5.69 Å². The molecule has 3 aliphatic rings. The first-order chi connectivity index (χ1) is 12.0. The number of sulfonamides is 1. The summed E-state index contributed by atoms with van der Waals surface area (Å²) in [5.41, 5.74) is 0.542. The van der Waals surface area contributed by atoms with Crippen LogP contribution in [0.1, 0.15) is 38.5 Å². The van der Waals surface area contributed by atoms with Crippen molar-refractivity contribution in [1.82, 2.24) is 4.72 Å². The smallest absolute Gasteiger partial charge is 0.240 e. The van der Waals surface area contributed by atoms with Crippen LogP contribution in [0.15, 0.2) is 23.1 Å². The number of benzene rings is 1. The van der Waals surface area contributed by atoms with Gasteiger partial charge in [-0.05, 0) is 55.7 Å². The number of nitrogens with zero attached hydrogens (tertiary/aromatic N) is 1. The number of nitrogens with one attached hydrogen (secondary N) is 1. The van der Waals surface area contributed by atoms with Crippen molar-refractivity contribution in [3.05, 3.63) is 18.2 Å². The molecule has 2 saturated carbocycles. The Morgan fingerprint density at radius 1 is 1.24 bits per heavy atom. The maximum atomic E-state index is 12.9. The van der Waals surface area contributed by atoms with Crippen LogP contribution in [-0.2, 0) is 14.8 Å². The van der Waals surface area contributed by atoms with E-state index in [1.807, 2.05) is 0 Å². The van der Waals surface area contributed by atoms with Crippen molar-refractivity contribution in [2.75, 3.05) is 18.6 Å². The highest BCUT2D eigenvalue weighted by Gasteiger charge is 2.41. The molecule has 1 aromatic carbocycles. The van der Waals surface area contributed by atoms with E-state index in [4.69, 9.17) is 4.74 Å². The molecule has 6 nitrogen and oxygen atoms in total. The van der Waals surface area contributed by atoms with Gasteiger partial charge in [0.2, 0.25) is 15.9 Å². The number of methoxy groups -OCH3 is 1. The fourth-order valence-corrected chi connectivity index (χ4v) is 5.94. The Morgan fingerprint density at radius 3 is 2.68 bits per heavy atom. The second-order valence-electron chi connectivity index (χ2n) is 7.39. The lowest BCUT2D eigenvalue weighted by atomic mass is 9.96. The quantitative estimate of drug-likeness (QED) is 0.870. The van der Waals surface area contributed by atoms with Crippen molar-refractivity contribution in [2.24, 2.45) is 11.8 Å². The Morgan fingerprint density at radius 2 is 2.08 bits per heavy atom. The van der Waals surface area contributed by atoms with E-state index in [2.05, 4.69) is 4.72 Å². The normalized spacial score (nSPS) is 28.8. The van der Waals surface area contributed by atoms with Gasteiger partial charge in [0.25, 0.3) is 0 Å². The van der Waals surface area contributed by atoms with Gasteiger partial charge < -0.3 is 9.64 Å². The molecule has 3 fully saturated rings. The minimum absolute atomic E-state index is 0.00825. The summed E-state index contributed by atoms with van der Waals surface area (Å²) in [4.78, 5) is 13.9. The molecule has 1 aromatic rings. The largest absolute Gasteiger partial charge is 0.495 e. The first-order valence-corrected chi connectivity index (χ1v) is 10.5. The molecule has 25 heavy (non-hydrogen) atoms. The van der Waals surface area contributed by atoms with Crippen molar-refractivity contribution in [1.29, 1.82) is 0 Å². The Hall–Kier alpha value is -1.60. The Bertz CT molecular complexity index is 792. The lowest BCUT2D eigenvalue weighted by Crippen LogP contribution is -2.38. The van der Waals surface area contributed by atoms with E-state index in [1.54, 1.807) is 23.1 Å². The molecule has 1 N–H and O–H groups in total. The second kappa shape index (κ2) is 6.29.